The Hall–Kier alpha value is -1.03. The van der Waals surface area contributed by atoms with Gasteiger partial charge >= 0.3 is 5.96 Å². The Balaban J connectivity index is 0.00000169. The molecule has 0 heterocycles. The predicted octanol–water partition coefficient (Wildman–Crippen LogP) is -4.02. The summed E-state index contributed by atoms with van der Waals surface area (Å²) in [5.41, 5.74) is 11.9. The first-order valence-corrected chi connectivity index (χ1v) is 4.45. The van der Waals surface area contributed by atoms with Gasteiger partial charge in [0.05, 0.1) is 6.54 Å². The first-order chi connectivity index (χ1) is 6.29. The van der Waals surface area contributed by atoms with Gasteiger partial charge in [-0.05, 0) is 18.4 Å². The molecule has 5 N–H and O–H groups in total. The van der Waals surface area contributed by atoms with Gasteiger partial charge in [0.25, 0.3) is 0 Å². The van der Waals surface area contributed by atoms with Gasteiger partial charge in [0.2, 0.25) is 0 Å². The average Bonchev–Trinajstić information content (AvgIpc) is 2.14. The van der Waals surface area contributed by atoms with Crippen LogP contribution in [0, 0.1) is 0 Å². The van der Waals surface area contributed by atoms with E-state index in [4.69, 9.17) is 11.5 Å². The van der Waals surface area contributed by atoms with Gasteiger partial charge in [-0.15, -0.1) is 0 Å². The maximum absolute atomic E-state index is 5.26. The molecule has 78 valence electrons. The molecule has 4 heteroatoms. The van der Waals surface area contributed by atoms with Crippen molar-refractivity contribution in [3.05, 3.63) is 35.9 Å². The van der Waals surface area contributed by atoms with Crippen LogP contribution in [0.25, 0.3) is 0 Å². The van der Waals surface area contributed by atoms with Crippen molar-refractivity contribution >= 4 is 5.96 Å². The predicted molar refractivity (Wildman–Crippen MR) is 54.0 cm³/mol. The van der Waals surface area contributed by atoms with Crippen LogP contribution in [0.4, 0.5) is 0 Å². The smallest absolute Gasteiger partial charge is 0.338 e. The second kappa shape index (κ2) is 7.38. The molecule has 0 amide bonds. The van der Waals surface area contributed by atoms with Crippen molar-refractivity contribution < 1.29 is 22.0 Å². The molecule has 0 radical (unpaired) electrons. The second-order valence-corrected chi connectivity index (χ2v) is 2.97. The summed E-state index contributed by atoms with van der Waals surface area (Å²) in [6.45, 7) is 0.831. The molecule has 0 bridgehead atoms. The van der Waals surface area contributed by atoms with Crippen LogP contribution in [0.1, 0.15) is 12.0 Å². The van der Waals surface area contributed by atoms with Crippen molar-refractivity contribution in [2.45, 2.75) is 12.8 Å². The molecule has 0 unspecified atom stereocenters. The minimum Gasteiger partial charge on any atom is -1.00 e. The fourth-order valence-electron chi connectivity index (χ4n) is 1.17. The van der Waals surface area contributed by atoms with Crippen LogP contribution in [-0.4, -0.2) is 12.5 Å². The minimum atomic E-state index is 0. The molecule has 0 fully saturated rings. The van der Waals surface area contributed by atoms with Crippen molar-refractivity contribution in [3.63, 3.8) is 0 Å². The lowest BCUT2D eigenvalue weighted by atomic mass is 10.1. The van der Waals surface area contributed by atoms with Crippen molar-refractivity contribution in [2.24, 2.45) is 11.5 Å². The summed E-state index contributed by atoms with van der Waals surface area (Å²) in [7, 11) is 0. The zero-order valence-electron chi connectivity index (χ0n) is 8.04. The van der Waals surface area contributed by atoms with E-state index >= 15 is 0 Å². The summed E-state index contributed by atoms with van der Waals surface area (Å²) >= 11 is 0. The number of hydrogen-bond donors (Lipinski definition) is 3. The molecule has 1 rings (SSSR count). The molecule has 3 nitrogen and oxygen atoms in total. The van der Waals surface area contributed by atoms with E-state index in [1.165, 1.54) is 5.56 Å². The number of halogens is 1. The molecule has 0 aliphatic rings. The second-order valence-electron chi connectivity index (χ2n) is 2.97. The van der Waals surface area contributed by atoms with Gasteiger partial charge in [0, 0.05) is 0 Å². The number of hydrogen-bond acceptors (Lipinski definition) is 0. The largest absolute Gasteiger partial charge is 1.00 e. The molecule has 0 aliphatic carbocycles. The Kier molecular flexibility index (Phi) is 6.84. The number of nitrogens with one attached hydrogen (secondary N) is 1. The Morgan fingerprint density at radius 2 is 1.79 bits per heavy atom. The van der Waals surface area contributed by atoms with Crippen LogP contribution in [0.3, 0.4) is 0 Å². The van der Waals surface area contributed by atoms with E-state index in [1.54, 1.807) is 0 Å². The topological polar surface area (TPSA) is 66.0 Å². The maximum Gasteiger partial charge on any atom is 0.338 e. The van der Waals surface area contributed by atoms with Crippen molar-refractivity contribution in [2.75, 3.05) is 6.54 Å². The van der Waals surface area contributed by atoms with Crippen LogP contribution in [0.15, 0.2) is 30.3 Å². The monoisotopic (exact) mass is 257 g/mol. The van der Waals surface area contributed by atoms with E-state index in [1.807, 2.05) is 18.2 Å². The summed E-state index contributed by atoms with van der Waals surface area (Å²) in [4.78, 5) is 2.89. The van der Waals surface area contributed by atoms with Gasteiger partial charge in [-0.1, -0.05) is 30.3 Å². The standard InChI is InChI=1S/C10H15N3.BrH/c11-10(12)13-8-4-7-9-5-2-1-3-6-9;/h1-3,5-6H,4,7-8H2,(H4,11,12,13);1H. The molecular formula is C10H16BrN3. The Labute approximate surface area is 95.0 Å². The zero-order valence-corrected chi connectivity index (χ0v) is 9.63. The summed E-state index contributed by atoms with van der Waals surface area (Å²) in [5.74, 6) is 0.299. The van der Waals surface area contributed by atoms with Gasteiger partial charge in [-0.3, -0.25) is 16.5 Å². The summed E-state index contributed by atoms with van der Waals surface area (Å²) in [6, 6.07) is 10.4. The number of rotatable bonds is 4. The highest BCUT2D eigenvalue weighted by molar-refractivity contribution is 5.69. The quantitative estimate of drug-likeness (QED) is 0.292. The van der Waals surface area contributed by atoms with Gasteiger partial charge in [-0.2, -0.15) is 0 Å². The van der Waals surface area contributed by atoms with Gasteiger partial charge in [0.1, 0.15) is 0 Å². The Morgan fingerprint density at radius 1 is 1.14 bits per heavy atom. The molecule has 0 atom stereocenters. The first kappa shape index (κ1) is 13.0. The van der Waals surface area contributed by atoms with Crippen LogP contribution in [-0.2, 0) is 6.42 Å². The maximum atomic E-state index is 5.26. The molecule has 14 heavy (non-hydrogen) atoms. The molecule has 0 saturated carbocycles. The van der Waals surface area contributed by atoms with E-state index in [0.717, 1.165) is 19.4 Å². The SMILES string of the molecule is NC(N)=[NH+]CCCc1ccccc1.[Br-]. The lowest BCUT2D eigenvalue weighted by Crippen LogP contribution is -3.00. The summed E-state index contributed by atoms with van der Waals surface area (Å²) < 4.78 is 0. The lowest BCUT2D eigenvalue weighted by molar-refractivity contribution is -0.459. The van der Waals surface area contributed by atoms with E-state index in [-0.39, 0.29) is 17.0 Å². The molecule has 1 aromatic rings. The number of nitrogens with two attached hydrogens (primary N) is 2. The first-order valence-electron chi connectivity index (χ1n) is 4.45. The fraction of sp³-hybridized carbons (Fsp3) is 0.300. The van der Waals surface area contributed by atoms with Gasteiger partial charge in [-0.25, -0.2) is 0 Å². The third kappa shape index (κ3) is 5.59. The van der Waals surface area contributed by atoms with Crippen LogP contribution < -0.4 is 33.4 Å². The lowest BCUT2D eigenvalue weighted by Gasteiger charge is -1.97. The number of guanidine groups is 1. The Morgan fingerprint density at radius 3 is 2.36 bits per heavy atom. The third-order valence-electron chi connectivity index (χ3n) is 1.81. The van der Waals surface area contributed by atoms with Crippen molar-refractivity contribution in [1.82, 2.24) is 0 Å². The Bertz CT molecular complexity index is 268. The van der Waals surface area contributed by atoms with Gasteiger partial charge < -0.3 is 17.0 Å². The van der Waals surface area contributed by atoms with Crippen molar-refractivity contribution in [3.8, 4) is 0 Å². The summed E-state index contributed by atoms with van der Waals surface area (Å²) in [5, 5.41) is 0. The average molecular weight is 258 g/mol. The van der Waals surface area contributed by atoms with Crippen molar-refractivity contribution in [1.29, 1.82) is 0 Å². The number of benzene rings is 1. The van der Waals surface area contributed by atoms with E-state index in [0.29, 0.717) is 5.96 Å². The normalized spacial score (nSPS) is 8.86. The molecule has 1 aromatic carbocycles. The van der Waals surface area contributed by atoms with E-state index in [9.17, 15) is 0 Å². The number of aryl methyl sites for hydroxylation is 1. The van der Waals surface area contributed by atoms with E-state index in [2.05, 4.69) is 17.1 Å². The molecule has 0 aliphatic heterocycles. The molecule has 0 spiro atoms. The highest BCUT2D eigenvalue weighted by Crippen LogP contribution is 2.00. The highest BCUT2D eigenvalue weighted by Gasteiger charge is 1.91. The zero-order chi connectivity index (χ0) is 9.52. The third-order valence-corrected chi connectivity index (χ3v) is 1.81. The molecular weight excluding hydrogens is 242 g/mol. The van der Waals surface area contributed by atoms with Crippen LogP contribution in [0.2, 0.25) is 0 Å². The fourth-order valence-corrected chi connectivity index (χ4v) is 1.17. The minimum absolute atomic E-state index is 0. The summed E-state index contributed by atoms with van der Waals surface area (Å²) in [6.07, 6.45) is 2.10. The molecule has 0 saturated heterocycles. The van der Waals surface area contributed by atoms with Gasteiger partial charge in [0.15, 0.2) is 0 Å². The van der Waals surface area contributed by atoms with Crippen LogP contribution >= 0.6 is 0 Å². The van der Waals surface area contributed by atoms with E-state index < -0.39 is 0 Å². The molecule has 0 aromatic heterocycles. The highest BCUT2D eigenvalue weighted by atomic mass is 79.9. The van der Waals surface area contributed by atoms with Crippen LogP contribution in [0.5, 0.6) is 0 Å².